The predicted molar refractivity (Wildman–Crippen MR) is 125 cm³/mol. The maximum absolute atomic E-state index is 12.3. The van der Waals surface area contributed by atoms with E-state index in [4.69, 9.17) is 16.3 Å². The molecule has 1 N–H and O–H groups in total. The number of para-hydroxylation sites is 1. The number of halogens is 1. The number of amides is 1. The van der Waals surface area contributed by atoms with E-state index < -0.39 is 0 Å². The van der Waals surface area contributed by atoms with Gasteiger partial charge in [-0.2, -0.15) is 0 Å². The molecule has 0 aliphatic rings. The number of rotatable bonds is 7. The normalized spacial score (nSPS) is 10.6. The first-order chi connectivity index (χ1) is 14.7. The molecule has 0 atom stereocenters. The molecule has 1 amide bonds. The van der Waals surface area contributed by atoms with Gasteiger partial charge in [-0.05, 0) is 48.5 Å². The van der Waals surface area contributed by atoms with Crippen molar-refractivity contribution in [3.8, 4) is 22.8 Å². The van der Waals surface area contributed by atoms with Gasteiger partial charge in [0.25, 0.3) is 0 Å². The van der Waals surface area contributed by atoms with E-state index in [0.717, 1.165) is 27.0 Å². The number of aromatic nitrogens is 1. The number of anilines is 1. The second kappa shape index (κ2) is 9.80. The van der Waals surface area contributed by atoms with Crippen molar-refractivity contribution in [2.75, 3.05) is 11.1 Å². The molecule has 4 aromatic rings. The van der Waals surface area contributed by atoms with E-state index in [-0.39, 0.29) is 11.7 Å². The Morgan fingerprint density at radius 1 is 0.967 bits per heavy atom. The SMILES string of the molecule is O=C(CSc1nc(-c2ccc(Cl)cc2)cs1)Nc1ccc(Oc2ccccc2)cc1. The number of hydrogen-bond donors (Lipinski definition) is 1. The lowest BCUT2D eigenvalue weighted by atomic mass is 10.2. The second-order valence-electron chi connectivity index (χ2n) is 6.28. The van der Waals surface area contributed by atoms with Crippen LogP contribution in [-0.4, -0.2) is 16.6 Å². The molecule has 4 nitrogen and oxygen atoms in total. The number of thioether (sulfide) groups is 1. The third-order valence-electron chi connectivity index (χ3n) is 4.07. The first kappa shape index (κ1) is 20.5. The van der Waals surface area contributed by atoms with Crippen LogP contribution in [0, 0.1) is 0 Å². The van der Waals surface area contributed by atoms with Gasteiger partial charge in [-0.3, -0.25) is 4.79 Å². The Labute approximate surface area is 187 Å². The number of carbonyl (C=O) groups is 1. The predicted octanol–water partition coefficient (Wildman–Crippen LogP) is 6.99. The van der Waals surface area contributed by atoms with Gasteiger partial charge in [-0.15, -0.1) is 11.3 Å². The van der Waals surface area contributed by atoms with Gasteiger partial charge >= 0.3 is 0 Å². The molecule has 0 unspecified atom stereocenters. The number of hydrogen-bond acceptors (Lipinski definition) is 5. The van der Waals surface area contributed by atoms with E-state index in [2.05, 4.69) is 10.3 Å². The molecular weight excluding hydrogens is 436 g/mol. The van der Waals surface area contributed by atoms with Crippen LogP contribution >= 0.6 is 34.7 Å². The summed E-state index contributed by atoms with van der Waals surface area (Å²) in [4.78, 5) is 16.9. The number of thiazole rings is 1. The van der Waals surface area contributed by atoms with Crippen LogP contribution in [0.3, 0.4) is 0 Å². The third kappa shape index (κ3) is 5.63. The van der Waals surface area contributed by atoms with Crippen molar-refractivity contribution in [3.63, 3.8) is 0 Å². The van der Waals surface area contributed by atoms with Crippen molar-refractivity contribution in [2.24, 2.45) is 0 Å². The molecule has 1 heterocycles. The lowest BCUT2D eigenvalue weighted by molar-refractivity contribution is -0.113. The lowest BCUT2D eigenvalue weighted by Crippen LogP contribution is -2.13. The Bertz CT molecular complexity index is 1110. The van der Waals surface area contributed by atoms with Crippen molar-refractivity contribution in [2.45, 2.75) is 4.34 Å². The Hall–Kier alpha value is -2.80. The fourth-order valence-corrected chi connectivity index (χ4v) is 4.39. The Kier molecular flexibility index (Phi) is 6.69. The monoisotopic (exact) mass is 452 g/mol. The Balaban J connectivity index is 1.28. The summed E-state index contributed by atoms with van der Waals surface area (Å²) in [6.45, 7) is 0. The first-order valence-electron chi connectivity index (χ1n) is 9.13. The molecule has 1 aromatic heterocycles. The molecule has 0 saturated heterocycles. The Morgan fingerprint density at radius 2 is 1.67 bits per heavy atom. The highest BCUT2D eigenvalue weighted by Crippen LogP contribution is 2.29. The van der Waals surface area contributed by atoms with Gasteiger partial charge < -0.3 is 10.1 Å². The van der Waals surface area contributed by atoms with E-state index in [1.165, 1.54) is 23.1 Å². The lowest BCUT2D eigenvalue weighted by Gasteiger charge is -2.07. The summed E-state index contributed by atoms with van der Waals surface area (Å²) in [7, 11) is 0. The van der Waals surface area contributed by atoms with Crippen molar-refractivity contribution >= 4 is 46.3 Å². The molecule has 3 aromatic carbocycles. The summed E-state index contributed by atoms with van der Waals surface area (Å²) in [6.07, 6.45) is 0. The summed E-state index contributed by atoms with van der Waals surface area (Å²) in [6, 6.07) is 24.4. The zero-order valence-corrected chi connectivity index (χ0v) is 18.1. The summed E-state index contributed by atoms with van der Waals surface area (Å²) in [5.74, 6) is 1.69. The number of ether oxygens (including phenoxy) is 1. The van der Waals surface area contributed by atoms with Crippen LogP contribution in [-0.2, 0) is 4.79 Å². The largest absolute Gasteiger partial charge is 0.457 e. The molecule has 0 fully saturated rings. The van der Waals surface area contributed by atoms with Crippen LogP contribution in [0.4, 0.5) is 5.69 Å². The molecule has 0 bridgehead atoms. The van der Waals surface area contributed by atoms with E-state index in [9.17, 15) is 4.79 Å². The summed E-state index contributed by atoms with van der Waals surface area (Å²) in [5, 5.41) is 5.57. The minimum absolute atomic E-state index is 0.0834. The van der Waals surface area contributed by atoms with Crippen molar-refractivity contribution < 1.29 is 9.53 Å². The van der Waals surface area contributed by atoms with Crippen LogP contribution in [0.2, 0.25) is 5.02 Å². The molecule has 0 radical (unpaired) electrons. The molecule has 7 heteroatoms. The van der Waals surface area contributed by atoms with Gasteiger partial charge in [0.05, 0.1) is 11.4 Å². The number of nitrogens with one attached hydrogen (secondary N) is 1. The average molecular weight is 453 g/mol. The quantitative estimate of drug-likeness (QED) is 0.307. The van der Waals surface area contributed by atoms with Gasteiger partial charge in [0, 0.05) is 21.7 Å². The fourth-order valence-electron chi connectivity index (χ4n) is 2.63. The molecule has 0 aliphatic heterocycles. The number of carbonyl (C=O) groups excluding carboxylic acids is 1. The van der Waals surface area contributed by atoms with E-state index in [1.54, 1.807) is 0 Å². The maximum atomic E-state index is 12.3. The smallest absolute Gasteiger partial charge is 0.234 e. The molecule has 4 rings (SSSR count). The first-order valence-corrected chi connectivity index (χ1v) is 11.4. The van der Waals surface area contributed by atoms with Gasteiger partial charge in [-0.1, -0.05) is 53.7 Å². The van der Waals surface area contributed by atoms with Crippen LogP contribution < -0.4 is 10.1 Å². The van der Waals surface area contributed by atoms with Gasteiger partial charge in [0.15, 0.2) is 4.34 Å². The number of benzene rings is 3. The average Bonchev–Trinajstić information content (AvgIpc) is 3.24. The van der Waals surface area contributed by atoms with Gasteiger partial charge in [0.2, 0.25) is 5.91 Å². The highest BCUT2D eigenvalue weighted by atomic mass is 35.5. The topological polar surface area (TPSA) is 51.2 Å². The number of nitrogens with zero attached hydrogens (tertiary/aromatic N) is 1. The van der Waals surface area contributed by atoms with Crippen molar-refractivity contribution in [1.82, 2.24) is 4.98 Å². The standard InChI is InChI=1S/C23H17ClN2O2S2/c24-17-8-6-16(7-9-17)21-14-29-23(26-21)30-15-22(27)25-18-10-12-20(13-11-18)28-19-4-2-1-3-5-19/h1-14H,15H2,(H,25,27). The van der Waals surface area contributed by atoms with Gasteiger partial charge in [-0.25, -0.2) is 4.98 Å². The van der Waals surface area contributed by atoms with Gasteiger partial charge in [0.1, 0.15) is 11.5 Å². The summed E-state index contributed by atoms with van der Waals surface area (Å²) >= 11 is 8.87. The Morgan fingerprint density at radius 3 is 2.40 bits per heavy atom. The highest BCUT2D eigenvalue weighted by molar-refractivity contribution is 8.01. The molecule has 30 heavy (non-hydrogen) atoms. The zero-order chi connectivity index (χ0) is 20.8. The minimum atomic E-state index is -0.0834. The van der Waals surface area contributed by atoms with Crippen molar-refractivity contribution in [3.05, 3.63) is 89.3 Å². The minimum Gasteiger partial charge on any atom is -0.457 e. The van der Waals surface area contributed by atoms with E-state index >= 15 is 0 Å². The van der Waals surface area contributed by atoms with E-state index in [1.807, 2.05) is 84.2 Å². The van der Waals surface area contributed by atoms with Crippen molar-refractivity contribution in [1.29, 1.82) is 0 Å². The molecule has 0 aliphatic carbocycles. The zero-order valence-electron chi connectivity index (χ0n) is 15.7. The molecule has 0 spiro atoms. The van der Waals surface area contributed by atoms with Crippen LogP contribution in [0.1, 0.15) is 0 Å². The molecular formula is C23H17ClN2O2S2. The molecule has 0 saturated carbocycles. The fraction of sp³-hybridized carbons (Fsp3) is 0.0435. The maximum Gasteiger partial charge on any atom is 0.234 e. The summed E-state index contributed by atoms with van der Waals surface area (Å²) < 4.78 is 6.61. The third-order valence-corrected chi connectivity index (χ3v) is 6.34. The van der Waals surface area contributed by atoms with Crippen LogP contribution in [0.25, 0.3) is 11.3 Å². The summed E-state index contributed by atoms with van der Waals surface area (Å²) in [5.41, 5.74) is 2.61. The van der Waals surface area contributed by atoms with Crippen LogP contribution in [0.5, 0.6) is 11.5 Å². The molecule has 150 valence electrons. The van der Waals surface area contributed by atoms with E-state index in [0.29, 0.717) is 10.8 Å². The second-order valence-corrected chi connectivity index (χ2v) is 8.80. The highest BCUT2D eigenvalue weighted by Gasteiger charge is 2.09. The van der Waals surface area contributed by atoms with Crippen LogP contribution in [0.15, 0.2) is 88.6 Å².